The van der Waals surface area contributed by atoms with Gasteiger partial charge in [0.05, 0.1) is 5.75 Å². The quantitative estimate of drug-likeness (QED) is 0.576. The lowest BCUT2D eigenvalue weighted by molar-refractivity contribution is -0.113. The van der Waals surface area contributed by atoms with Crippen molar-refractivity contribution in [3.05, 3.63) is 65.0 Å². The molecule has 0 saturated carbocycles. The predicted molar refractivity (Wildman–Crippen MR) is 116 cm³/mol. The molecule has 29 heavy (non-hydrogen) atoms. The van der Waals surface area contributed by atoms with E-state index in [0.717, 1.165) is 22.6 Å². The minimum Gasteiger partial charge on any atom is -0.482 e. The van der Waals surface area contributed by atoms with E-state index >= 15 is 0 Å². The van der Waals surface area contributed by atoms with E-state index in [1.54, 1.807) is 0 Å². The van der Waals surface area contributed by atoms with Crippen molar-refractivity contribution >= 4 is 23.4 Å². The summed E-state index contributed by atoms with van der Waals surface area (Å²) < 4.78 is 7.98. The number of nitrogens with one attached hydrogen (secondary N) is 1. The van der Waals surface area contributed by atoms with Gasteiger partial charge in [-0.2, -0.15) is 0 Å². The van der Waals surface area contributed by atoms with Gasteiger partial charge in [0.1, 0.15) is 5.75 Å². The molecule has 0 radical (unpaired) electrons. The van der Waals surface area contributed by atoms with Gasteiger partial charge in [-0.1, -0.05) is 41.6 Å². The molecule has 1 amide bonds. The molecule has 0 saturated heterocycles. The number of aryl methyl sites for hydroxylation is 2. The molecule has 2 aromatic carbocycles. The fourth-order valence-corrected chi connectivity index (χ4v) is 3.58. The minimum atomic E-state index is -0.260. The number of carbonyl (C=O) groups excluding carboxylic acids is 1. The summed E-state index contributed by atoms with van der Waals surface area (Å²) in [6.45, 7) is 8.07. The highest BCUT2D eigenvalue weighted by Gasteiger charge is 2.19. The molecule has 0 aliphatic heterocycles. The summed E-state index contributed by atoms with van der Waals surface area (Å²) in [4.78, 5) is 12.2. The van der Waals surface area contributed by atoms with Gasteiger partial charge >= 0.3 is 0 Å². The van der Waals surface area contributed by atoms with E-state index in [1.165, 1.54) is 17.3 Å². The second-order valence-corrected chi connectivity index (χ2v) is 8.00. The van der Waals surface area contributed by atoms with Gasteiger partial charge in [0.15, 0.2) is 17.1 Å². The highest BCUT2D eigenvalue weighted by Crippen LogP contribution is 2.27. The fraction of sp³-hybridized carbons (Fsp3) is 0.318. The van der Waals surface area contributed by atoms with Crippen molar-refractivity contribution in [1.82, 2.24) is 14.8 Å². The molecule has 1 atom stereocenters. The average Bonchev–Trinajstić information content (AvgIpc) is 3.06. The first-order chi connectivity index (χ1) is 13.8. The number of anilines is 1. The lowest BCUT2D eigenvalue weighted by Gasteiger charge is -2.16. The van der Waals surface area contributed by atoms with Crippen molar-refractivity contribution in [3.63, 3.8) is 0 Å². The number of rotatable bonds is 7. The van der Waals surface area contributed by atoms with Gasteiger partial charge in [0.2, 0.25) is 5.91 Å². The van der Waals surface area contributed by atoms with Crippen LogP contribution in [0.25, 0.3) is 0 Å². The van der Waals surface area contributed by atoms with Crippen molar-refractivity contribution in [2.45, 2.75) is 39.0 Å². The molecule has 7 heteroatoms. The van der Waals surface area contributed by atoms with Crippen LogP contribution in [0.1, 0.15) is 35.5 Å². The largest absolute Gasteiger partial charge is 0.482 e. The lowest BCUT2D eigenvalue weighted by atomic mass is 10.1. The molecule has 1 unspecified atom stereocenters. The fourth-order valence-electron chi connectivity index (χ4n) is 2.86. The Morgan fingerprint density at radius 3 is 2.59 bits per heavy atom. The van der Waals surface area contributed by atoms with Crippen molar-refractivity contribution in [3.8, 4) is 5.75 Å². The normalized spacial score (nSPS) is 11.9. The molecule has 0 fully saturated rings. The van der Waals surface area contributed by atoms with E-state index in [9.17, 15) is 4.79 Å². The van der Waals surface area contributed by atoms with Gasteiger partial charge in [-0.15, -0.1) is 10.2 Å². The van der Waals surface area contributed by atoms with Crippen LogP contribution < -0.4 is 10.1 Å². The van der Waals surface area contributed by atoms with Crippen LogP contribution in [0, 0.1) is 20.8 Å². The number of aromatic nitrogens is 3. The van der Waals surface area contributed by atoms with Crippen LogP contribution in [0.15, 0.2) is 47.6 Å². The Morgan fingerprint density at radius 2 is 1.86 bits per heavy atom. The molecule has 1 heterocycles. The highest BCUT2D eigenvalue weighted by molar-refractivity contribution is 7.99. The number of ether oxygens (including phenoxy) is 1. The maximum atomic E-state index is 12.2. The maximum Gasteiger partial charge on any atom is 0.234 e. The Hall–Kier alpha value is -2.80. The zero-order valence-electron chi connectivity index (χ0n) is 17.4. The molecule has 3 rings (SSSR count). The summed E-state index contributed by atoms with van der Waals surface area (Å²) in [7, 11) is 1.89. The smallest absolute Gasteiger partial charge is 0.234 e. The van der Waals surface area contributed by atoms with Crippen molar-refractivity contribution < 1.29 is 9.53 Å². The predicted octanol–water partition coefficient (Wildman–Crippen LogP) is 4.61. The topological polar surface area (TPSA) is 69.0 Å². The molecule has 0 spiro atoms. The van der Waals surface area contributed by atoms with Crippen molar-refractivity contribution in [2.24, 2.45) is 7.05 Å². The van der Waals surface area contributed by atoms with Crippen LogP contribution >= 0.6 is 11.8 Å². The third-order valence-corrected chi connectivity index (χ3v) is 5.78. The van der Waals surface area contributed by atoms with Crippen LogP contribution in [-0.2, 0) is 11.8 Å². The Morgan fingerprint density at radius 1 is 1.14 bits per heavy atom. The van der Waals surface area contributed by atoms with Gasteiger partial charge in [0, 0.05) is 12.7 Å². The minimum absolute atomic E-state index is 0.0805. The maximum absolute atomic E-state index is 12.2. The number of hydrogen-bond donors (Lipinski definition) is 1. The number of benzene rings is 2. The Bertz CT molecular complexity index is 999. The van der Waals surface area contributed by atoms with Crippen LogP contribution in [0.3, 0.4) is 0 Å². The van der Waals surface area contributed by atoms with Gasteiger partial charge < -0.3 is 14.6 Å². The van der Waals surface area contributed by atoms with Crippen LogP contribution in [0.2, 0.25) is 0 Å². The monoisotopic (exact) mass is 410 g/mol. The summed E-state index contributed by atoms with van der Waals surface area (Å²) >= 11 is 1.35. The third-order valence-electron chi connectivity index (χ3n) is 4.76. The number of amides is 1. The molecule has 1 N–H and O–H groups in total. The van der Waals surface area contributed by atoms with Crippen LogP contribution in [0.5, 0.6) is 5.75 Å². The van der Waals surface area contributed by atoms with Crippen molar-refractivity contribution in [1.29, 1.82) is 0 Å². The van der Waals surface area contributed by atoms with Gasteiger partial charge in [0.25, 0.3) is 0 Å². The molecule has 6 nitrogen and oxygen atoms in total. The summed E-state index contributed by atoms with van der Waals surface area (Å²) in [5.74, 6) is 1.73. The first-order valence-electron chi connectivity index (χ1n) is 9.46. The molecule has 0 aliphatic rings. The second-order valence-electron chi connectivity index (χ2n) is 7.06. The van der Waals surface area contributed by atoms with Crippen molar-refractivity contribution in [2.75, 3.05) is 11.1 Å². The van der Waals surface area contributed by atoms with E-state index in [-0.39, 0.29) is 17.8 Å². The molecular weight excluding hydrogens is 384 g/mol. The average molecular weight is 411 g/mol. The second kappa shape index (κ2) is 9.13. The molecule has 3 aromatic rings. The summed E-state index contributed by atoms with van der Waals surface area (Å²) in [6, 6.07) is 13.7. The number of thioether (sulfide) groups is 1. The molecule has 0 bridgehead atoms. The van der Waals surface area contributed by atoms with Gasteiger partial charge in [-0.25, -0.2) is 0 Å². The number of carbonyl (C=O) groups is 1. The molecular formula is C22H26N4O2S. The van der Waals surface area contributed by atoms with E-state index in [1.807, 2.05) is 68.8 Å². The van der Waals surface area contributed by atoms with E-state index in [4.69, 9.17) is 4.74 Å². The molecule has 0 aliphatic carbocycles. The van der Waals surface area contributed by atoms with E-state index in [2.05, 4.69) is 28.5 Å². The number of nitrogens with zero attached hydrogens (tertiary/aromatic N) is 3. The van der Waals surface area contributed by atoms with Crippen LogP contribution in [0.4, 0.5) is 5.69 Å². The SMILES string of the molecule is Cc1ccc(NC(=O)CSc2nnc(C(C)Oc3cccc(C)c3C)n2C)cc1. The lowest BCUT2D eigenvalue weighted by Crippen LogP contribution is -2.15. The Labute approximate surface area is 175 Å². The highest BCUT2D eigenvalue weighted by atomic mass is 32.2. The zero-order chi connectivity index (χ0) is 21.0. The van der Waals surface area contributed by atoms with Crippen LogP contribution in [-0.4, -0.2) is 26.4 Å². The summed E-state index contributed by atoms with van der Waals surface area (Å²) in [5.41, 5.74) is 4.24. The van der Waals surface area contributed by atoms with E-state index in [0.29, 0.717) is 11.0 Å². The summed E-state index contributed by atoms with van der Waals surface area (Å²) in [5, 5.41) is 12.1. The van der Waals surface area contributed by atoms with E-state index < -0.39 is 0 Å². The van der Waals surface area contributed by atoms with Gasteiger partial charge in [-0.05, 0) is 57.0 Å². The first-order valence-corrected chi connectivity index (χ1v) is 10.4. The standard InChI is InChI=1S/C22H26N4O2S/c1-14-9-11-18(12-10-14)23-20(27)13-29-22-25-24-21(26(22)5)17(4)28-19-8-6-7-15(2)16(19)3/h6-12,17H,13H2,1-5H3,(H,23,27). The first kappa shape index (κ1) is 20.9. The summed E-state index contributed by atoms with van der Waals surface area (Å²) in [6.07, 6.45) is -0.260. The number of hydrogen-bond acceptors (Lipinski definition) is 5. The molecule has 1 aromatic heterocycles. The Balaban J connectivity index is 1.60. The molecule has 152 valence electrons. The zero-order valence-corrected chi connectivity index (χ0v) is 18.2. The Kier molecular flexibility index (Phi) is 6.59. The van der Waals surface area contributed by atoms with Gasteiger partial charge in [-0.3, -0.25) is 4.79 Å². The third kappa shape index (κ3) is 5.17.